The van der Waals surface area contributed by atoms with Gasteiger partial charge in [-0.1, -0.05) is 18.2 Å². The molecule has 1 atom stereocenters. The van der Waals surface area contributed by atoms with Crippen molar-refractivity contribution in [3.63, 3.8) is 0 Å². The van der Waals surface area contributed by atoms with Gasteiger partial charge in [0.15, 0.2) is 6.10 Å². The van der Waals surface area contributed by atoms with Gasteiger partial charge in [-0.15, -0.1) is 0 Å². The molecule has 0 saturated carbocycles. The van der Waals surface area contributed by atoms with Gasteiger partial charge in [0.25, 0.3) is 5.91 Å². The second-order valence-corrected chi connectivity index (χ2v) is 7.11. The number of rotatable bonds is 5. The highest BCUT2D eigenvalue weighted by Crippen LogP contribution is 2.16. The zero-order valence-electron chi connectivity index (χ0n) is 14.5. The van der Waals surface area contributed by atoms with E-state index in [-0.39, 0.29) is 0 Å². The summed E-state index contributed by atoms with van der Waals surface area (Å²) in [7, 11) is -4.17. The number of amides is 3. The lowest BCUT2D eigenvalue weighted by molar-refractivity contribution is -0.127. The monoisotopic (exact) mass is 409 g/mol. The van der Waals surface area contributed by atoms with Crippen molar-refractivity contribution in [3.05, 3.63) is 59.9 Å². The summed E-state index contributed by atoms with van der Waals surface area (Å²) < 4.78 is 41.2. The molecule has 3 amide bonds. The number of primary sulfonamides is 1. The topological polar surface area (TPSA) is 145 Å². The normalized spacial score (nSPS) is 12.0. The van der Waals surface area contributed by atoms with Gasteiger partial charge in [-0.05, 0) is 37.3 Å². The predicted octanol–water partition coefficient (Wildman–Crippen LogP) is 1.37. The Morgan fingerprint density at radius 2 is 1.75 bits per heavy atom. The Labute approximate surface area is 159 Å². The largest absolute Gasteiger partial charge is 0.449 e. The number of carbonyl (C=O) groups excluding carboxylic acids is 3. The summed E-state index contributed by atoms with van der Waals surface area (Å²) in [5.41, 5.74) is -0.292. The van der Waals surface area contributed by atoms with Crippen molar-refractivity contribution < 1.29 is 31.9 Å². The first-order valence-electron chi connectivity index (χ1n) is 7.78. The van der Waals surface area contributed by atoms with Gasteiger partial charge in [0.05, 0.1) is 10.5 Å². The smallest absolute Gasteiger partial charge is 0.341 e. The van der Waals surface area contributed by atoms with Crippen molar-refractivity contribution in [2.75, 3.05) is 5.32 Å². The van der Waals surface area contributed by atoms with Gasteiger partial charge in [0, 0.05) is 5.69 Å². The second-order valence-electron chi connectivity index (χ2n) is 5.54. The van der Waals surface area contributed by atoms with E-state index in [2.05, 4.69) is 5.32 Å². The van der Waals surface area contributed by atoms with E-state index >= 15 is 0 Å². The quantitative estimate of drug-likeness (QED) is 0.636. The molecule has 28 heavy (non-hydrogen) atoms. The van der Waals surface area contributed by atoms with E-state index in [0.29, 0.717) is 11.8 Å². The van der Waals surface area contributed by atoms with Crippen molar-refractivity contribution in [2.45, 2.75) is 17.9 Å². The van der Waals surface area contributed by atoms with Gasteiger partial charge in [-0.25, -0.2) is 27.5 Å². The fourth-order valence-electron chi connectivity index (χ4n) is 2.01. The number of esters is 1. The van der Waals surface area contributed by atoms with Crippen LogP contribution < -0.4 is 15.8 Å². The first kappa shape index (κ1) is 21.0. The number of halogens is 1. The number of imide groups is 1. The molecular formula is C17H16FN3O6S. The van der Waals surface area contributed by atoms with Crippen LogP contribution in [0.3, 0.4) is 0 Å². The third kappa shape index (κ3) is 5.59. The highest BCUT2D eigenvalue weighted by atomic mass is 32.2. The van der Waals surface area contributed by atoms with Crippen LogP contribution in [-0.2, 0) is 19.6 Å². The Morgan fingerprint density at radius 3 is 2.36 bits per heavy atom. The predicted molar refractivity (Wildman–Crippen MR) is 96.3 cm³/mol. The van der Waals surface area contributed by atoms with E-state index in [4.69, 9.17) is 9.88 Å². The number of urea groups is 1. The minimum Gasteiger partial charge on any atom is -0.449 e. The summed E-state index contributed by atoms with van der Waals surface area (Å²) in [5.74, 6) is -3.33. The van der Waals surface area contributed by atoms with Gasteiger partial charge in [-0.2, -0.15) is 0 Å². The first-order valence-corrected chi connectivity index (χ1v) is 9.33. The van der Waals surface area contributed by atoms with Crippen molar-refractivity contribution >= 4 is 33.6 Å². The third-order valence-electron chi connectivity index (χ3n) is 3.41. The molecule has 0 radical (unpaired) electrons. The standard InChI is InChI=1S/C17H16FN3O6S/c1-10(15(22)21-17(24)20-11-5-3-2-4-6-11)27-16(23)13-9-12(28(19,25)26)7-8-14(13)18/h2-10H,1H3,(H2,19,25,26)(H2,20,21,22,24). The molecule has 0 aliphatic rings. The van der Waals surface area contributed by atoms with E-state index in [0.717, 1.165) is 19.1 Å². The van der Waals surface area contributed by atoms with Crippen LogP contribution in [0, 0.1) is 5.82 Å². The maximum atomic E-state index is 13.8. The van der Waals surface area contributed by atoms with Crippen molar-refractivity contribution in [1.29, 1.82) is 0 Å². The third-order valence-corrected chi connectivity index (χ3v) is 4.32. The van der Waals surface area contributed by atoms with Crippen LogP contribution in [0.5, 0.6) is 0 Å². The molecule has 0 aliphatic heterocycles. The Bertz CT molecular complexity index is 1010. The SMILES string of the molecule is CC(OC(=O)c1cc(S(N)(=O)=O)ccc1F)C(=O)NC(=O)Nc1ccccc1. The number of sulfonamides is 1. The number of hydrogen-bond acceptors (Lipinski definition) is 6. The number of para-hydroxylation sites is 1. The molecule has 11 heteroatoms. The molecule has 2 aromatic rings. The van der Waals surface area contributed by atoms with E-state index in [1.807, 2.05) is 5.32 Å². The minimum atomic E-state index is -4.17. The summed E-state index contributed by atoms with van der Waals surface area (Å²) >= 11 is 0. The fraction of sp³-hybridized carbons (Fsp3) is 0.118. The Kier molecular flexibility index (Phi) is 6.44. The molecule has 0 heterocycles. The van der Waals surface area contributed by atoms with E-state index in [1.165, 1.54) is 0 Å². The van der Waals surface area contributed by atoms with Gasteiger partial charge in [0.2, 0.25) is 10.0 Å². The van der Waals surface area contributed by atoms with E-state index < -0.39 is 50.3 Å². The van der Waals surface area contributed by atoms with Crippen LogP contribution in [0.15, 0.2) is 53.4 Å². The lowest BCUT2D eigenvalue weighted by Crippen LogP contribution is -2.41. The molecule has 2 rings (SSSR count). The molecule has 0 spiro atoms. The maximum absolute atomic E-state index is 13.8. The molecule has 0 saturated heterocycles. The summed E-state index contributed by atoms with van der Waals surface area (Å²) in [4.78, 5) is 35.3. The highest BCUT2D eigenvalue weighted by molar-refractivity contribution is 7.89. The van der Waals surface area contributed by atoms with Crippen LogP contribution in [0.2, 0.25) is 0 Å². The Hall–Kier alpha value is -3.31. The second kappa shape index (κ2) is 8.59. The molecule has 9 nitrogen and oxygen atoms in total. The van der Waals surface area contributed by atoms with Crippen LogP contribution in [-0.4, -0.2) is 32.4 Å². The molecule has 0 aromatic heterocycles. The average Bonchev–Trinajstić information content (AvgIpc) is 2.61. The lowest BCUT2D eigenvalue weighted by Gasteiger charge is -2.14. The van der Waals surface area contributed by atoms with Crippen molar-refractivity contribution in [3.8, 4) is 0 Å². The molecule has 0 aliphatic carbocycles. The molecule has 1 unspecified atom stereocenters. The lowest BCUT2D eigenvalue weighted by atomic mass is 10.2. The van der Waals surface area contributed by atoms with Crippen LogP contribution in [0.25, 0.3) is 0 Å². The number of carbonyl (C=O) groups is 3. The highest BCUT2D eigenvalue weighted by Gasteiger charge is 2.24. The van der Waals surface area contributed by atoms with Crippen LogP contribution >= 0.6 is 0 Å². The number of nitrogens with one attached hydrogen (secondary N) is 2. The maximum Gasteiger partial charge on any atom is 0.341 e. The summed E-state index contributed by atoms with van der Waals surface area (Å²) in [5, 5.41) is 9.29. The van der Waals surface area contributed by atoms with E-state index in [9.17, 15) is 27.2 Å². The van der Waals surface area contributed by atoms with Crippen LogP contribution in [0.1, 0.15) is 17.3 Å². The van der Waals surface area contributed by atoms with Crippen LogP contribution in [0.4, 0.5) is 14.9 Å². The number of hydrogen-bond donors (Lipinski definition) is 3. The van der Waals surface area contributed by atoms with Gasteiger partial charge in [0.1, 0.15) is 5.82 Å². The average molecular weight is 409 g/mol. The summed E-state index contributed by atoms with van der Waals surface area (Å²) in [6.45, 7) is 1.16. The van der Waals surface area contributed by atoms with Crippen molar-refractivity contribution in [1.82, 2.24) is 5.32 Å². The number of anilines is 1. The molecule has 0 fully saturated rings. The number of benzene rings is 2. The molecule has 148 valence electrons. The summed E-state index contributed by atoms with van der Waals surface area (Å²) in [6.07, 6.45) is -1.47. The zero-order valence-corrected chi connectivity index (χ0v) is 15.3. The first-order chi connectivity index (χ1) is 13.1. The molecule has 0 bridgehead atoms. The summed E-state index contributed by atoms with van der Waals surface area (Å²) in [6, 6.07) is 9.71. The zero-order chi connectivity index (χ0) is 20.9. The van der Waals surface area contributed by atoms with Gasteiger partial charge >= 0.3 is 12.0 Å². The fourth-order valence-corrected chi connectivity index (χ4v) is 2.55. The van der Waals surface area contributed by atoms with Gasteiger partial charge in [-0.3, -0.25) is 10.1 Å². The van der Waals surface area contributed by atoms with Crippen molar-refractivity contribution in [2.24, 2.45) is 5.14 Å². The number of nitrogens with two attached hydrogens (primary N) is 1. The molecular weight excluding hydrogens is 393 g/mol. The van der Waals surface area contributed by atoms with E-state index in [1.54, 1.807) is 30.3 Å². The molecule has 4 N–H and O–H groups in total. The Balaban J connectivity index is 2.02. The van der Waals surface area contributed by atoms with Gasteiger partial charge < -0.3 is 10.1 Å². The Morgan fingerprint density at radius 1 is 1.11 bits per heavy atom. The minimum absolute atomic E-state index is 0.430. The number of ether oxygens (including phenoxy) is 1. The molecule has 2 aromatic carbocycles.